The van der Waals surface area contributed by atoms with Gasteiger partial charge in [0.05, 0.1) is 19.5 Å². The number of nitrogens with one attached hydrogen (secondary N) is 1. The molecule has 1 N–H and O–H groups in total. The van der Waals surface area contributed by atoms with E-state index in [0.717, 1.165) is 17.4 Å². The molecule has 11 heteroatoms. The second-order valence-corrected chi connectivity index (χ2v) is 9.94. The van der Waals surface area contributed by atoms with Crippen molar-refractivity contribution >= 4 is 16.2 Å². The average Bonchev–Trinajstić information content (AvgIpc) is 2.88. The van der Waals surface area contributed by atoms with Crippen LogP contribution < -0.4 is 5.32 Å². The molecule has 4 rings (SSSR count). The predicted octanol–water partition coefficient (Wildman–Crippen LogP) is 2.67. The summed E-state index contributed by atoms with van der Waals surface area (Å²) in [7, 11) is -3.97. The van der Waals surface area contributed by atoms with E-state index in [0.29, 0.717) is 0 Å². The normalized spacial score (nSPS) is 28.0. The highest BCUT2D eigenvalue weighted by Crippen LogP contribution is 2.36. The molecule has 2 saturated heterocycles. The van der Waals surface area contributed by atoms with Crippen molar-refractivity contribution in [3.8, 4) is 0 Å². The molecule has 0 unspecified atom stereocenters. The zero-order valence-electron chi connectivity index (χ0n) is 19.7. The molecule has 0 aromatic heterocycles. The van der Waals surface area contributed by atoms with E-state index < -0.39 is 53.1 Å². The van der Waals surface area contributed by atoms with Gasteiger partial charge in [-0.15, -0.1) is 6.58 Å². The predicted molar refractivity (Wildman–Crippen MR) is 128 cm³/mol. The summed E-state index contributed by atoms with van der Waals surface area (Å²) in [4.78, 5) is 12.7. The largest absolute Gasteiger partial charge is 0.445 e. The van der Waals surface area contributed by atoms with Crippen LogP contribution >= 0.6 is 0 Å². The Morgan fingerprint density at radius 3 is 2.47 bits per heavy atom. The number of alkyl carbamates (subject to hydrolysis) is 1. The Morgan fingerprint density at radius 1 is 1.11 bits per heavy atom. The first-order chi connectivity index (χ1) is 17.3. The van der Waals surface area contributed by atoms with Crippen LogP contribution in [0.2, 0.25) is 0 Å². The summed E-state index contributed by atoms with van der Waals surface area (Å²) >= 11 is 0. The minimum absolute atomic E-state index is 0.0164. The Hall–Kier alpha value is -2.80. The van der Waals surface area contributed by atoms with Gasteiger partial charge in [0.25, 0.3) is 10.1 Å². The van der Waals surface area contributed by atoms with E-state index in [2.05, 4.69) is 11.9 Å². The summed E-state index contributed by atoms with van der Waals surface area (Å²) in [5.74, 6) is 0. The van der Waals surface area contributed by atoms with Gasteiger partial charge >= 0.3 is 6.09 Å². The minimum atomic E-state index is -3.97. The van der Waals surface area contributed by atoms with Crippen LogP contribution in [0.15, 0.2) is 73.3 Å². The van der Waals surface area contributed by atoms with Gasteiger partial charge in [-0.3, -0.25) is 4.18 Å². The van der Waals surface area contributed by atoms with Gasteiger partial charge in [0, 0.05) is 5.56 Å². The maximum atomic E-state index is 12.7. The van der Waals surface area contributed by atoms with Crippen LogP contribution in [0.4, 0.5) is 4.79 Å². The Kier molecular flexibility index (Phi) is 8.72. The Balaban J connectivity index is 1.56. The molecule has 0 spiro atoms. The minimum Gasteiger partial charge on any atom is -0.445 e. The Bertz CT molecular complexity index is 1110. The van der Waals surface area contributed by atoms with Gasteiger partial charge in [-0.1, -0.05) is 66.7 Å². The number of hydrogen-bond acceptors (Lipinski definition) is 9. The van der Waals surface area contributed by atoms with Crippen LogP contribution in [-0.4, -0.2) is 64.6 Å². The lowest BCUT2D eigenvalue weighted by molar-refractivity contribution is -0.339. The molecule has 2 aliphatic heterocycles. The lowest BCUT2D eigenvalue weighted by Crippen LogP contribution is -2.67. The molecule has 2 aromatic rings. The van der Waals surface area contributed by atoms with Crippen molar-refractivity contribution in [1.29, 1.82) is 0 Å². The van der Waals surface area contributed by atoms with Crippen molar-refractivity contribution in [2.75, 3.05) is 19.5 Å². The fourth-order valence-corrected chi connectivity index (χ4v) is 4.66. The number of carbonyl (C=O) groups is 1. The second-order valence-electron chi connectivity index (χ2n) is 8.34. The second kappa shape index (κ2) is 12.0. The highest BCUT2D eigenvalue weighted by Gasteiger charge is 2.53. The lowest BCUT2D eigenvalue weighted by Gasteiger charge is -2.48. The molecule has 194 valence electrons. The first kappa shape index (κ1) is 26.3. The van der Waals surface area contributed by atoms with Crippen molar-refractivity contribution in [3.63, 3.8) is 0 Å². The number of benzene rings is 2. The fourth-order valence-electron chi connectivity index (χ4n) is 4.03. The third kappa shape index (κ3) is 6.90. The molecular formula is C25H29NO9S. The molecule has 2 aromatic carbocycles. The van der Waals surface area contributed by atoms with Crippen molar-refractivity contribution in [3.05, 3.63) is 84.4 Å². The topological polar surface area (TPSA) is 119 Å². The van der Waals surface area contributed by atoms with Gasteiger partial charge in [-0.2, -0.15) is 8.42 Å². The molecule has 0 bridgehead atoms. The first-order valence-electron chi connectivity index (χ1n) is 11.4. The van der Waals surface area contributed by atoms with Crippen LogP contribution in [-0.2, 0) is 44.6 Å². The molecule has 10 nitrogen and oxygen atoms in total. The summed E-state index contributed by atoms with van der Waals surface area (Å²) in [6, 6.07) is 17.2. The van der Waals surface area contributed by atoms with Crippen LogP contribution in [0, 0.1) is 0 Å². The van der Waals surface area contributed by atoms with E-state index in [-0.39, 0.29) is 19.8 Å². The number of ether oxygens (including phenoxy) is 5. The smallest absolute Gasteiger partial charge is 0.407 e. The van der Waals surface area contributed by atoms with Gasteiger partial charge in [0.1, 0.15) is 31.0 Å². The van der Waals surface area contributed by atoms with E-state index in [1.54, 1.807) is 0 Å². The zero-order valence-corrected chi connectivity index (χ0v) is 20.5. The van der Waals surface area contributed by atoms with E-state index in [4.69, 9.17) is 27.9 Å². The Labute approximate surface area is 210 Å². The standard InChI is InChI=1S/C25H29NO9S/c1-3-14-30-24-20(26-25(27)32-15-17-10-6-4-7-11-17)22(35-36(2,28)29)21-19(33-24)16-31-23(34-21)18-12-8-5-9-13-18/h3-13,19-24H,1,14-16H2,2H3,(H,26,27)/t19-,20-,21-,22-,23-,24-/m1/s1. The summed E-state index contributed by atoms with van der Waals surface area (Å²) < 4.78 is 59.0. The quantitative estimate of drug-likeness (QED) is 0.394. The van der Waals surface area contributed by atoms with E-state index in [9.17, 15) is 13.2 Å². The molecule has 1 amide bonds. The fraction of sp³-hybridized carbons (Fsp3) is 0.400. The van der Waals surface area contributed by atoms with Crippen LogP contribution in [0.5, 0.6) is 0 Å². The van der Waals surface area contributed by atoms with Gasteiger partial charge in [-0.05, 0) is 5.56 Å². The Morgan fingerprint density at radius 2 is 1.81 bits per heavy atom. The number of amides is 1. The number of hydrogen-bond donors (Lipinski definition) is 1. The molecule has 2 heterocycles. The van der Waals surface area contributed by atoms with Crippen molar-refractivity contribution < 1.29 is 41.1 Å². The molecular weight excluding hydrogens is 490 g/mol. The third-order valence-corrected chi connectivity index (χ3v) is 6.14. The van der Waals surface area contributed by atoms with Gasteiger partial charge < -0.3 is 29.0 Å². The van der Waals surface area contributed by atoms with Gasteiger partial charge in [0.2, 0.25) is 0 Å². The van der Waals surface area contributed by atoms with E-state index in [1.807, 2.05) is 60.7 Å². The number of carbonyl (C=O) groups excluding carboxylic acids is 1. The van der Waals surface area contributed by atoms with Crippen LogP contribution in [0.1, 0.15) is 17.4 Å². The SMILES string of the molecule is C=CCO[C@@H]1O[C@@H]2CO[C@@H](c3ccccc3)O[C@H]2[C@H](OS(C)(=O)=O)[C@H]1NC(=O)OCc1ccccc1. The van der Waals surface area contributed by atoms with Crippen LogP contribution in [0.25, 0.3) is 0 Å². The monoisotopic (exact) mass is 519 g/mol. The van der Waals surface area contributed by atoms with Gasteiger partial charge in [-0.25, -0.2) is 4.79 Å². The van der Waals surface area contributed by atoms with Gasteiger partial charge in [0.15, 0.2) is 12.6 Å². The van der Waals surface area contributed by atoms with Crippen molar-refractivity contribution in [2.45, 2.75) is 43.5 Å². The molecule has 2 aliphatic rings. The molecule has 6 atom stereocenters. The zero-order chi connectivity index (χ0) is 25.5. The summed E-state index contributed by atoms with van der Waals surface area (Å²) in [5, 5.41) is 2.65. The number of fused-ring (bicyclic) bond motifs is 1. The van der Waals surface area contributed by atoms with Crippen molar-refractivity contribution in [1.82, 2.24) is 5.32 Å². The third-order valence-electron chi connectivity index (χ3n) is 5.57. The van der Waals surface area contributed by atoms with E-state index in [1.165, 1.54) is 6.08 Å². The molecule has 0 radical (unpaired) electrons. The maximum absolute atomic E-state index is 12.7. The average molecular weight is 520 g/mol. The van der Waals surface area contributed by atoms with E-state index >= 15 is 0 Å². The first-order valence-corrected chi connectivity index (χ1v) is 13.2. The molecule has 0 saturated carbocycles. The summed E-state index contributed by atoms with van der Waals surface area (Å²) in [5.41, 5.74) is 1.53. The molecule has 0 aliphatic carbocycles. The highest BCUT2D eigenvalue weighted by atomic mass is 32.2. The number of rotatable bonds is 9. The summed E-state index contributed by atoms with van der Waals surface area (Å²) in [6.07, 6.45) is -3.04. The lowest BCUT2D eigenvalue weighted by atomic mass is 9.96. The molecule has 2 fully saturated rings. The van der Waals surface area contributed by atoms with Crippen molar-refractivity contribution in [2.24, 2.45) is 0 Å². The summed E-state index contributed by atoms with van der Waals surface area (Å²) in [6.45, 7) is 3.82. The molecule has 36 heavy (non-hydrogen) atoms. The van der Waals surface area contributed by atoms with Crippen LogP contribution in [0.3, 0.4) is 0 Å². The highest BCUT2D eigenvalue weighted by molar-refractivity contribution is 7.86. The maximum Gasteiger partial charge on any atom is 0.407 e.